The molecule has 0 aromatic heterocycles. The van der Waals surface area contributed by atoms with E-state index in [4.69, 9.17) is 4.74 Å². The average molecular weight is 512 g/mol. The van der Waals surface area contributed by atoms with Crippen LogP contribution in [0.15, 0.2) is 84.9 Å². The van der Waals surface area contributed by atoms with E-state index < -0.39 is 0 Å². The van der Waals surface area contributed by atoms with Crippen molar-refractivity contribution in [2.24, 2.45) is 11.8 Å². The second kappa shape index (κ2) is 12.1. The molecule has 38 heavy (non-hydrogen) atoms. The van der Waals surface area contributed by atoms with Crippen LogP contribution in [0.3, 0.4) is 0 Å². The number of methoxy groups -OCH3 is 1. The summed E-state index contributed by atoms with van der Waals surface area (Å²) in [7, 11) is 1.73. The van der Waals surface area contributed by atoms with Gasteiger partial charge in [0, 0.05) is 49.7 Å². The van der Waals surface area contributed by atoms with Crippen LogP contribution in [0, 0.1) is 11.8 Å². The number of rotatable bonds is 10. The molecular weight excluding hydrogens is 470 g/mol. The number of carbonyl (C=O) groups excluding carboxylic acids is 1. The Morgan fingerprint density at radius 1 is 0.947 bits per heavy atom. The van der Waals surface area contributed by atoms with E-state index in [9.17, 15) is 4.79 Å². The number of nitrogens with one attached hydrogen (secondary N) is 1. The van der Waals surface area contributed by atoms with Gasteiger partial charge in [-0.15, -0.1) is 0 Å². The molecule has 0 spiro atoms. The summed E-state index contributed by atoms with van der Waals surface area (Å²) < 4.78 is 5.67. The Labute approximate surface area is 227 Å². The lowest BCUT2D eigenvalue weighted by atomic mass is 9.66. The van der Waals surface area contributed by atoms with Gasteiger partial charge in [-0.1, -0.05) is 78.9 Å². The first kappa shape index (κ1) is 26.5. The predicted molar refractivity (Wildman–Crippen MR) is 153 cm³/mol. The first-order chi connectivity index (χ1) is 18.7. The van der Waals surface area contributed by atoms with Crippen molar-refractivity contribution in [3.8, 4) is 5.75 Å². The van der Waals surface area contributed by atoms with Crippen LogP contribution in [-0.4, -0.2) is 61.1 Å². The zero-order valence-electron chi connectivity index (χ0n) is 22.9. The number of hydrogen-bond donors (Lipinski definition) is 1. The molecule has 5 heteroatoms. The molecule has 3 aromatic carbocycles. The number of amides is 1. The fourth-order valence-corrected chi connectivity index (χ4v) is 6.88. The van der Waals surface area contributed by atoms with Crippen molar-refractivity contribution in [3.05, 3.63) is 102 Å². The van der Waals surface area contributed by atoms with E-state index in [2.05, 4.69) is 96.9 Å². The standard InChI is InChI=1S/C33H41N3O2/c1-4-35(5-2)33(37)28-23-36-21-20-27(28)31(34-22-26-18-12-13-19-29(26)38-3)32(36)30(24-14-8-6-9-15-24)25-16-10-7-11-17-25/h6-19,27-28,30-32,34H,4-5,20-23H2,1-3H3/t27-,28+,31+,32-/m1/s1. The first-order valence-electron chi connectivity index (χ1n) is 14.1. The molecule has 200 valence electrons. The summed E-state index contributed by atoms with van der Waals surface area (Å²) in [5.41, 5.74) is 3.80. The molecule has 6 rings (SSSR count). The highest BCUT2D eigenvalue weighted by Gasteiger charge is 2.52. The lowest BCUT2D eigenvalue weighted by Crippen LogP contribution is -2.69. The molecule has 1 unspecified atom stereocenters. The van der Waals surface area contributed by atoms with Crippen molar-refractivity contribution >= 4 is 5.91 Å². The fraction of sp³-hybridized carbons (Fsp3) is 0.424. The van der Waals surface area contributed by atoms with Gasteiger partial charge in [-0.25, -0.2) is 0 Å². The molecule has 5 nitrogen and oxygen atoms in total. The molecule has 3 heterocycles. The Kier molecular flexibility index (Phi) is 8.45. The van der Waals surface area contributed by atoms with Crippen molar-refractivity contribution in [3.63, 3.8) is 0 Å². The van der Waals surface area contributed by atoms with Crippen LogP contribution < -0.4 is 10.1 Å². The second-order valence-electron chi connectivity index (χ2n) is 10.6. The summed E-state index contributed by atoms with van der Waals surface area (Å²) in [6.45, 7) is 8.26. The van der Waals surface area contributed by atoms with E-state index in [0.717, 1.165) is 43.9 Å². The molecule has 3 fully saturated rings. The smallest absolute Gasteiger partial charge is 0.227 e. The summed E-state index contributed by atoms with van der Waals surface area (Å²) in [4.78, 5) is 18.4. The normalized spacial score (nSPS) is 24.4. The molecule has 3 saturated heterocycles. The molecule has 3 aromatic rings. The van der Waals surface area contributed by atoms with E-state index in [0.29, 0.717) is 12.5 Å². The molecule has 1 N–H and O–H groups in total. The molecule has 2 bridgehead atoms. The van der Waals surface area contributed by atoms with E-state index >= 15 is 0 Å². The minimum atomic E-state index is 0.0160. The van der Waals surface area contributed by atoms with Crippen LogP contribution in [0.4, 0.5) is 0 Å². The topological polar surface area (TPSA) is 44.8 Å². The molecule has 0 radical (unpaired) electrons. The predicted octanol–water partition coefficient (Wildman–Crippen LogP) is 5.17. The van der Waals surface area contributed by atoms with E-state index in [1.165, 1.54) is 11.1 Å². The highest BCUT2D eigenvalue weighted by atomic mass is 16.5. The van der Waals surface area contributed by atoms with Crippen LogP contribution in [0.25, 0.3) is 0 Å². The van der Waals surface area contributed by atoms with Gasteiger partial charge in [-0.05, 0) is 49.9 Å². The number of hydrogen-bond acceptors (Lipinski definition) is 4. The number of benzene rings is 3. The summed E-state index contributed by atoms with van der Waals surface area (Å²) in [6.07, 6.45) is 1.04. The van der Waals surface area contributed by atoms with Gasteiger partial charge in [0.05, 0.1) is 13.0 Å². The summed E-state index contributed by atoms with van der Waals surface area (Å²) >= 11 is 0. The quantitative estimate of drug-likeness (QED) is 0.408. The molecule has 0 saturated carbocycles. The Balaban J connectivity index is 1.54. The van der Waals surface area contributed by atoms with Crippen LogP contribution in [0.5, 0.6) is 5.75 Å². The van der Waals surface area contributed by atoms with Gasteiger partial charge < -0.3 is 15.0 Å². The van der Waals surface area contributed by atoms with Gasteiger partial charge >= 0.3 is 0 Å². The Morgan fingerprint density at radius 2 is 1.55 bits per heavy atom. The molecule has 5 atom stereocenters. The maximum absolute atomic E-state index is 13.7. The highest BCUT2D eigenvalue weighted by Crippen LogP contribution is 2.45. The van der Waals surface area contributed by atoms with E-state index in [1.807, 2.05) is 17.0 Å². The van der Waals surface area contributed by atoms with Gasteiger partial charge in [0.15, 0.2) is 0 Å². The van der Waals surface area contributed by atoms with Crippen LogP contribution in [0.1, 0.15) is 42.9 Å². The van der Waals surface area contributed by atoms with Gasteiger partial charge in [0.25, 0.3) is 0 Å². The largest absolute Gasteiger partial charge is 0.496 e. The number of para-hydroxylation sites is 1. The fourth-order valence-electron chi connectivity index (χ4n) is 6.88. The van der Waals surface area contributed by atoms with E-state index in [-0.39, 0.29) is 29.8 Å². The maximum Gasteiger partial charge on any atom is 0.227 e. The molecule has 3 aliphatic heterocycles. The van der Waals surface area contributed by atoms with Gasteiger partial charge in [0.2, 0.25) is 5.91 Å². The van der Waals surface area contributed by atoms with Crippen molar-refractivity contribution < 1.29 is 9.53 Å². The first-order valence-corrected chi connectivity index (χ1v) is 14.1. The molecule has 1 amide bonds. The maximum atomic E-state index is 13.7. The molecule has 0 aliphatic carbocycles. The number of ether oxygens (including phenoxy) is 1. The molecular formula is C33H41N3O2. The third-order valence-electron chi connectivity index (χ3n) is 8.72. The van der Waals surface area contributed by atoms with Gasteiger partial charge in [0.1, 0.15) is 5.75 Å². The summed E-state index contributed by atoms with van der Waals surface area (Å²) in [5, 5.41) is 3.98. The van der Waals surface area contributed by atoms with Crippen LogP contribution in [-0.2, 0) is 11.3 Å². The van der Waals surface area contributed by atoms with Crippen molar-refractivity contribution in [1.29, 1.82) is 0 Å². The lowest BCUT2D eigenvalue weighted by molar-refractivity contribution is -0.145. The number of carbonyl (C=O) groups is 1. The SMILES string of the molecule is CCN(CC)C(=O)[C@H]1CN2CC[C@H]1[C@H](NCc1ccccc1OC)[C@H]2C(c1ccccc1)c1ccccc1. The van der Waals surface area contributed by atoms with Crippen LogP contribution in [0.2, 0.25) is 0 Å². The van der Waals surface area contributed by atoms with Crippen LogP contribution >= 0.6 is 0 Å². The monoisotopic (exact) mass is 511 g/mol. The van der Waals surface area contributed by atoms with Crippen molar-refractivity contribution in [2.45, 2.75) is 44.8 Å². The highest BCUT2D eigenvalue weighted by molar-refractivity contribution is 5.80. The lowest BCUT2D eigenvalue weighted by Gasteiger charge is -2.57. The Bertz CT molecular complexity index is 1140. The zero-order chi connectivity index (χ0) is 26.5. The third-order valence-corrected chi connectivity index (χ3v) is 8.72. The summed E-state index contributed by atoms with van der Waals surface area (Å²) in [6, 6.07) is 30.4. The number of piperidine rings is 3. The van der Waals surface area contributed by atoms with E-state index in [1.54, 1.807) is 7.11 Å². The number of fused-ring (bicyclic) bond motifs is 3. The minimum Gasteiger partial charge on any atom is -0.496 e. The van der Waals surface area contributed by atoms with Crippen molar-refractivity contribution in [1.82, 2.24) is 15.1 Å². The third kappa shape index (κ3) is 5.23. The van der Waals surface area contributed by atoms with Crippen molar-refractivity contribution in [2.75, 3.05) is 33.3 Å². The van der Waals surface area contributed by atoms with Gasteiger partial charge in [-0.2, -0.15) is 0 Å². The van der Waals surface area contributed by atoms with Gasteiger partial charge in [-0.3, -0.25) is 9.69 Å². The minimum absolute atomic E-state index is 0.0160. The Morgan fingerprint density at radius 3 is 2.16 bits per heavy atom. The number of nitrogens with zero attached hydrogens (tertiary/aromatic N) is 2. The molecule has 3 aliphatic rings. The Hall–Kier alpha value is -3.15. The average Bonchev–Trinajstić information content (AvgIpc) is 2.98. The zero-order valence-corrected chi connectivity index (χ0v) is 22.9. The second-order valence-corrected chi connectivity index (χ2v) is 10.6. The summed E-state index contributed by atoms with van der Waals surface area (Å²) in [5.74, 6) is 1.71.